The van der Waals surface area contributed by atoms with E-state index in [1.807, 2.05) is 0 Å². The molecule has 0 bridgehead atoms. The van der Waals surface area contributed by atoms with Crippen LogP contribution in [0.25, 0.3) is 0 Å². The van der Waals surface area contributed by atoms with E-state index in [1.54, 1.807) is 17.1 Å². The van der Waals surface area contributed by atoms with Crippen LogP contribution in [-0.2, 0) is 6.54 Å². The van der Waals surface area contributed by atoms with Gasteiger partial charge in [-0.1, -0.05) is 5.21 Å². The zero-order valence-electron chi connectivity index (χ0n) is 6.51. The van der Waals surface area contributed by atoms with Crippen LogP contribution in [0.2, 0.25) is 0 Å². The average molecular weight is 169 g/mol. The second-order valence-electron chi connectivity index (χ2n) is 2.08. The summed E-state index contributed by atoms with van der Waals surface area (Å²) in [6.45, 7) is 1.17. The summed E-state index contributed by atoms with van der Waals surface area (Å²) in [5.41, 5.74) is 7.51. The van der Waals surface area contributed by atoms with Gasteiger partial charge in [-0.05, 0) is 0 Å². The van der Waals surface area contributed by atoms with E-state index >= 15 is 0 Å². The molecular formula is C5H11N7. The van der Waals surface area contributed by atoms with Crippen molar-refractivity contribution in [1.29, 1.82) is 0 Å². The molecule has 1 rings (SSSR count). The summed E-state index contributed by atoms with van der Waals surface area (Å²) in [6.07, 6.45) is 3.36. The Labute approximate surface area is 69.4 Å². The van der Waals surface area contributed by atoms with Crippen molar-refractivity contribution in [2.75, 3.05) is 6.54 Å². The molecule has 1 aromatic rings. The van der Waals surface area contributed by atoms with Gasteiger partial charge in [-0.15, -0.1) is 5.10 Å². The molecule has 1 aromatic heterocycles. The first kappa shape index (κ1) is 8.47. The third-order valence-electron chi connectivity index (χ3n) is 1.23. The number of guanidine groups is 1. The van der Waals surface area contributed by atoms with Crippen molar-refractivity contribution < 1.29 is 0 Å². The quantitative estimate of drug-likeness (QED) is 0.211. The maximum atomic E-state index is 5.28. The number of hydrogen-bond donors (Lipinski definition) is 3. The fraction of sp³-hybridized carbons (Fsp3) is 0.400. The minimum Gasteiger partial charge on any atom is -0.369 e. The fourth-order valence-corrected chi connectivity index (χ4v) is 0.671. The number of aliphatic imine (C=N–C) groups is 1. The third-order valence-corrected chi connectivity index (χ3v) is 1.23. The van der Waals surface area contributed by atoms with Crippen molar-refractivity contribution in [2.45, 2.75) is 6.54 Å². The van der Waals surface area contributed by atoms with Gasteiger partial charge in [-0.25, -0.2) is 5.84 Å². The molecule has 0 unspecified atom stereocenters. The Balaban J connectivity index is 2.28. The zero-order valence-corrected chi connectivity index (χ0v) is 6.51. The predicted octanol–water partition coefficient (Wildman–Crippen LogP) is -1.94. The second kappa shape index (κ2) is 4.29. The Morgan fingerprint density at radius 3 is 3.08 bits per heavy atom. The van der Waals surface area contributed by atoms with Crippen LogP contribution in [0.15, 0.2) is 17.4 Å². The van der Waals surface area contributed by atoms with Crippen LogP contribution in [0.5, 0.6) is 0 Å². The van der Waals surface area contributed by atoms with Crippen molar-refractivity contribution in [3.8, 4) is 0 Å². The first-order valence-corrected chi connectivity index (χ1v) is 3.43. The maximum Gasteiger partial charge on any atom is 0.203 e. The lowest BCUT2D eigenvalue weighted by Gasteiger charge is -1.98. The normalized spacial score (nSPS) is 11.6. The van der Waals surface area contributed by atoms with Gasteiger partial charge < -0.3 is 5.73 Å². The minimum atomic E-state index is 0.218. The SMILES string of the molecule is NNC(N)=NCCn1ccnn1. The van der Waals surface area contributed by atoms with Crippen LogP contribution < -0.4 is 17.0 Å². The van der Waals surface area contributed by atoms with E-state index < -0.39 is 0 Å². The molecule has 7 heteroatoms. The number of aromatic nitrogens is 3. The Morgan fingerprint density at radius 2 is 2.50 bits per heavy atom. The van der Waals surface area contributed by atoms with Gasteiger partial charge in [0.15, 0.2) is 0 Å². The summed E-state index contributed by atoms with van der Waals surface area (Å²) < 4.78 is 1.66. The van der Waals surface area contributed by atoms with E-state index in [2.05, 4.69) is 20.7 Å². The van der Waals surface area contributed by atoms with E-state index in [0.717, 1.165) is 0 Å². The molecule has 12 heavy (non-hydrogen) atoms. The molecule has 66 valence electrons. The molecule has 5 N–H and O–H groups in total. The maximum absolute atomic E-state index is 5.28. The first-order chi connectivity index (χ1) is 5.83. The van der Waals surface area contributed by atoms with Crippen LogP contribution in [0.1, 0.15) is 0 Å². The van der Waals surface area contributed by atoms with Gasteiger partial charge in [0.05, 0.1) is 19.3 Å². The third kappa shape index (κ3) is 2.54. The van der Waals surface area contributed by atoms with Gasteiger partial charge in [0.2, 0.25) is 5.96 Å². The van der Waals surface area contributed by atoms with Gasteiger partial charge >= 0.3 is 0 Å². The summed E-state index contributed by atoms with van der Waals surface area (Å²) in [5, 5.41) is 7.38. The van der Waals surface area contributed by atoms with E-state index in [0.29, 0.717) is 13.1 Å². The number of nitrogens with one attached hydrogen (secondary N) is 1. The van der Waals surface area contributed by atoms with Crippen LogP contribution in [0.4, 0.5) is 0 Å². The molecule has 0 radical (unpaired) electrons. The van der Waals surface area contributed by atoms with Crippen LogP contribution in [0, 0.1) is 0 Å². The lowest BCUT2D eigenvalue weighted by molar-refractivity contribution is 0.598. The highest BCUT2D eigenvalue weighted by Gasteiger charge is 1.89. The summed E-state index contributed by atoms with van der Waals surface area (Å²) >= 11 is 0. The highest BCUT2D eigenvalue weighted by Crippen LogP contribution is 1.80. The van der Waals surface area contributed by atoms with Crippen molar-refractivity contribution in [2.24, 2.45) is 16.6 Å². The lowest BCUT2D eigenvalue weighted by atomic mass is 10.6. The second-order valence-corrected chi connectivity index (χ2v) is 2.08. The van der Waals surface area contributed by atoms with Crippen molar-refractivity contribution in [3.05, 3.63) is 12.4 Å². The van der Waals surface area contributed by atoms with Crippen molar-refractivity contribution in [3.63, 3.8) is 0 Å². The fourth-order valence-electron chi connectivity index (χ4n) is 0.671. The summed E-state index contributed by atoms with van der Waals surface area (Å²) in [6, 6.07) is 0. The molecule has 7 nitrogen and oxygen atoms in total. The van der Waals surface area contributed by atoms with Crippen LogP contribution in [0.3, 0.4) is 0 Å². The number of nitrogens with two attached hydrogens (primary N) is 2. The summed E-state index contributed by atoms with van der Waals surface area (Å²) in [7, 11) is 0. The molecule has 0 aliphatic rings. The molecule has 0 aromatic carbocycles. The van der Waals surface area contributed by atoms with Crippen LogP contribution in [-0.4, -0.2) is 27.5 Å². The number of hydrogen-bond acceptors (Lipinski definition) is 4. The van der Waals surface area contributed by atoms with Crippen LogP contribution >= 0.6 is 0 Å². The molecule has 0 amide bonds. The molecule has 0 atom stereocenters. The Kier molecular flexibility index (Phi) is 3.03. The van der Waals surface area contributed by atoms with Crippen molar-refractivity contribution >= 4 is 5.96 Å². The number of rotatable bonds is 3. The highest BCUT2D eigenvalue weighted by atomic mass is 15.4. The molecule has 0 saturated carbocycles. The zero-order chi connectivity index (χ0) is 8.81. The predicted molar refractivity (Wildman–Crippen MR) is 43.8 cm³/mol. The Hall–Kier alpha value is -1.63. The molecule has 0 fully saturated rings. The largest absolute Gasteiger partial charge is 0.369 e. The number of nitrogens with zero attached hydrogens (tertiary/aromatic N) is 4. The van der Waals surface area contributed by atoms with E-state index in [9.17, 15) is 0 Å². The van der Waals surface area contributed by atoms with E-state index in [1.165, 1.54) is 0 Å². The summed E-state index contributed by atoms with van der Waals surface area (Å²) in [5.74, 6) is 5.21. The molecular weight excluding hydrogens is 158 g/mol. The smallest absolute Gasteiger partial charge is 0.203 e. The van der Waals surface area contributed by atoms with Crippen molar-refractivity contribution in [1.82, 2.24) is 20.4 Å². The van der Waals surface area contributed by atoms with Gasteiger partial charge in [0.25, 0.3) is 0 Å². The monoisotopic (exact) mass is 169 g/mol. The highest BCUT2D eigenvalue weighted by molar-refractivity contribution is 5.76. The van der Waals surface area contributed by atoms with Gasteiger partial charge in [0, 0.05) is 6.20 Å². The first-order valence-electron chi connectivity index (χ1n) is 3.43. The Morgan fingerprint density at radius 1 is 1.67 bits per heavy atom. The molecule has 0 spiro atoms. The van der Waals surface area contributed by atoms with Gasteiger partial charge in [-0.3, -0.25) is 15.1 Å². The Bertz CT molecular complexity index is 238. The number of hydrazine groups is 1. The van der Waals surface area contributed by atoms with Gasteiger partial charge in [0.1, 0.15) is 0 Å². The van der Waals surface area contributed by atoms with E-state index in [-0.39, 0.29) is 5.96 Å². The lowest BCUT2D eigenvalue weighted by Crippen LogP contribution is -2.37. The molecule has 1 heterocycles. The van der Waals surface area contributed by atoms with Gasteiger partial charge in [-0.2, -0.15) is 0 Å². The molecule has 0 aliphatic heterocycles. The standard InChI is InChI=1S/C5H11N7/c6-5(10-7)8-1-3-12-4-2-9-11-12/h2,4H,1,3,7H2,(H3,6,8,10). The molecule has 0 aliphatic carbocycles. The average Bonchev–Trinajstić information content (AvgIpc) is 2.57. The van der Waals surface area contributed by atoms with E-state index in [4.69, 9.17) is 11.6 Å². The molecule has 0 saturated heterocycles. The summed E-state index contributed by atoms with van der Waals surface area (Å²) in [4.78, 5) is 3.89. The topological polar surface area (TPSA) is 107 Å². The minimum absolute atomic E-state index is 0.218.